The van der Waals surface area contributed by atoms with Gasteiger partial charge in [0.25, 0.3) is 0 Å². The van der Waals surface area contributed by atoms with Crippen molar-refractivity contribution in [1.82, 2.24) is 10.3 Å². The normalized spacial score (nSPS) is 12.3. The van der Waals surface area contributed by atoms with Gasteiger partial charge in [-0.2, -0.15) is 0 Å². The maximum Gasteiger partial charge on any atom is 0.119 e. The maximum atomic E-state index is 5.72. The highest BCUT2D eigenvalue weighted by atomic mass is 32.1. The Labute approximate surface area is 118 Å². The van der Waals surface area contributed by atoms with Crippen molar-refractivity contribution in [3.63, 3.8) is 0 Å². The van der Waals surface area contributed by atoms with Crippen LogP contribution in [0, 0.1) is 6.92 Å². The van der Waals surface area contributed by atoms with Crippen LogP contribution in [0.2, 0.25) is 0 Å². The zero-order valence-corrected chi connectivity index (χ0v) is 12.2. The highest BCUT2D eigenvalue weighted by Crippen LogP contribution is 2.12. The first-order chi connectivity index (χ1) is 9.28. The fourth-order valence-electron chi connectivity index (χ4n) is 1.94. The molecule has 1 aromatic carbocycles. The van der Waals surface area contributed by atoms with E-state index in [-0.39, 0.29) is 0 Å². The second-order valence-corrected chi connectivity index (χ2v) is 5.56. The molecular weight excluding hydrogens is 256 g/mol. The van der Waals surface area contributed by atoms with E-state index in [4.69, 9.17) is 4.74 Å². The van der Waals surface area contributed by atoms with E-state index in [0.717, 1.165) is 30.2 Å². The SMILES string of the molecule is CNC(CCOc1ccccc1)Cc1csc(C)n1. The third-order valence-corrected chi connectivity index (χ3v) is 3.83. The van der Waals surface area contributed by atoms with E-state index in [0.29, 0.717) is 6.04 Å². The molecule has 0 saturated carbocycles. The lowest BCUT2D eigenvalue weighted by Gasteiger charge is -2.15. The van der Waals surface area contributed by atoms with E-state index >= 15 is 0 Å². The van der Waals surface area contributed by atoms with E-state index in [2.05, 4.69) is 15.7 Å². The molecule has 0 aliphatic heterocycles. The number of aromatic nitrogens is 1. The highest BCUT2D eigenvalue weighted by molar-refractivity contribution is 7.09. The number of nitrogens with one attached hydrogen (secondary N) is 1. The zero-order valence-electron chi connectivity index (χ0n) is 11.4. The fraction of sp³-hybridized carbons (Fsp3) is 0.400. The highest BCUT2D eigenvalue weighted by Gasteiger charge is 2.09. The second-order valence-electron chi connectivity index (χ2n) is 4.50. The molecule has 0 radical (unpaired) electrons. The fourth-order valence-corrected chi connectivity index (χ4v) is 2.56. The zero-order chi connectivity index (χ0) is 13.5. The minimum absolute atomic E-state index is 0.408. The number of rotatable bonds is 7. The van der Waals surface area contributed by atoms with Crippen molar-refractivity contribution < 1.29 is 4.74 Å². The lowest BCUT2D eigenvalue weighted by Crippen LogP contribution is -2.29. The second kappa shape index (κ2) is 7.26. The number of aryl methyl sites for hydroxylation is 1. The summed E-state index contributed by atoms with van der Waals surface area (Å²) in [5, 5.41) is 6.60. The monoisotopic (exact) mass is 276 g/mol. The molecule has 1 aromatic heterocycles. The first-order valence-corrected chi connectivity index (χ1v) is 7.42. The molecule has 1 N–H and O–H groups in total. The summed E-state index contributed by atoms with van der Waals surface area (Å²) in [7, 11) is 1.99. The summed E-state index contributed by atoms with van der Waals surface area (Å²) in [4.78, 5) is 4.50. The van der Waals surface area contributed by atoms with Gasteiger partial charge >= 0.3 is 0 Å². The molecule has 0 aliphatic rings. The predicted octanol–water partition coefficient (Wildman–Crippen LogP) is 3.05. The molecule has 0 saturated heterocycles. The molecule has 2 rings (SSSR count). The molecule has 3 nitrogen and oxygen atoms in total. The number of likely N-dealkylation sites (N-methyl/N-ethyl adjacent to an activating group) is 1. The molecule has 0 spiro atoms. The van der Waals surface area contributed by atoms with Crippen LogP contribution in [0.1, 0.15) is 17.1 Å². The molecule has 102 valence electrons. The lowest BCUT2D eigenvalue weighted by atomic mass is 10.1. The maximum absolute atomic E-state index is 5.72. The number of hydrogen-bond acceptors (Lipinski definition) is 4. The standard InChI is InChI=1S/C15H20N2OS/c1-12-17-14(11-19-12)10-13(16-2)8-9-18-15-6-4-3-5-7-15/h3-7,11,13,16H,8-10H2,1-2H3. The van der Waals surface area contributed by atoms with Crippen molar-refractivity contribution in [3.05, 3.63) is 46.4 Å². The summed E-state index contributed by atoms with van der Waals surface area (Å²) in [5.41, 5.74) is 1.17. The molecule has 0 amide bonds. The van der Waals surface area contributed by atoms with Gasteiger partial charge in [0.2, 0.25) is 0 Å². The van der Waals surface area contributed by atoms with E-state index in [1.807, 2.05) is 44.3 Å². The van der Waals surface area contributed by atoms with Crippen LogP contribution in [-0.2, 0) is 6.42 Å². The van der Waals surface area contributed by atoms with Crippen LogP contribution in [0.25, 0.3) is 0 Å². The Balaban J connectivity index is 1.76. The van der Waals surface area contributed by atoms with Crippen LogP contribution in [0.5, 0.6) is 5.75 Å². The van der Waals surface area contributed by atoms with Crippen molar-refractivity contribution in [3.8, 4) is 5.75 Å². The van der Waals surface area contributed by atoms with Gasteiger partial charge in [-0.05, 0) is 32.5 Å². The van der Waals surface area contributed by atoms with Crippen molar-refractivity contribution >= 4 is 11.3 Å². The molecule has 1 heterocycles. The Hall–Kier alpha value is -1.39. The van der Waals surface area contributed by atoms with Gasteiger partial charge in [0.05, 0.1) is 17.3 Å². The number of hydrogen-bond donors (Lipinski definition) is 1. The van der Waals surface area contributed by atoms with E-state index in [1.165, 1.54) is 5.69 Å². The molecule has 4 heteroatoms. The largest absolute Gasteiger partial charge is 0.494 e. The number of ether oxygens (including phenoxy) is 1. The van der Waals surface area contributed by atoms with Crippen molar-refractivity contribution in [2.45, 2.75) is 25.8 Å². The Bertz CT molecular complexity index is 484. The average molecular weight is 276 g/mol. The Morgan fingerprint density at radius 3 is 2.74 bits per heavy atom. The van der Waals surface area contributed by atoms with Gasteiger partial charge in [0.1, 0.15) is 5.75 Å². The summed E-state index contributed by atoms with van der Waals surface area (Å²) in [6.45, 7) is 2.76. The number of para-hydroxylation sites is 1. The molecule has 2 aromatic rings. The first-order valence-electron chi connectivity index (χ1n) is 6.54. The van der Waals surface area contributed by atoms with Crippen LogP contribution >= 0.6 is 11.3 Å². The van der Waals surface area contributed by atoms with Crippen molar-refractivity contribution in [2.75, 3.05) is 13.7 Å². The van der Waals surface area contributed by atoms with Gasteiger partial charge in [-0.1, -0.05) is 18.2 Å². The van der Waals surface area contributed by atoms with Gasteiger partial charge in [-0.3, -0.25) is 0 Å². The molecule has 1 atom stereocenters. The van der Waals surface area contributed by atoms with Crippen molar-refractivity contribution in [1.29, 1.82) is 0 Å². The minimum atomic E-state index is 0.408. The van der Waals surface area contributed by atoms with E-state index < -0.39 is 0 Å². The summed E-state index contributed by atoms with van der Waals surface area (Å²) >= 11 is 1.71. The van der Waals surface area contributed by atoms with Crippen LogP contribution in [-0.4, -0.2) is 24.7 Å². The Morgan fingerprint density at radius 1 is 1.32 bits per heavy atom. The Morgan fingerprint density at radius 2 is 2.11 bits per heavy atom. The first kappa shape index (κ1) is 14.0. The molecular formula is C15H20N2OS. The van der Waals surface area contributed by atoms with Crippen LogP contribution < -0.4 is 10.1 Å². The topological polar surface area (TPSA) is 34.1 Å². The molecule has 0 fully saturated rings. The smallest absolute Gasteiger partial charge is 0.119 e. The summed E-state index contributed by atoms with van der Waals surface area (Å²) in [6.07, 6.45) is 1.93. The molecule has 1 unspecified atom stereocenters. The van der Waals surface area contributed by atoms with Crippen LogP contribution in [0.3, 0.4) is 0 Å². The van der Waals surface area contributed by atoms with Gasteiger partial charge in [-0.15, -0.1) is 11.3 Å². The van der Waals surface area contributed by atoms with Crippen LogP contribution in [0.15, 0.2) is 35.7 Å². The molecule has 0 aliphatic carbocycles. The quantitative estimate of drug-likeness (QED) is 0.844. The van der Waals surface area contributed by atoms with Gasteiger partial charge < -0.3 is 10.1 Å². The van der Waals surface area contributed by atoms with E-state index in [9.17, 15) is 0 Å². The lowest BCUT2D eigenvalue weighted by molar-refractivity contribution is 0.288. The minimum Gasteiger partial charge on any atom is -0.494 e. The van der Waals surface area contributed by atoms with Gasteiger partial charge in [0.15, 0.2) is 0 Å². The summed E-state index contributed by atoms with van der Waals surface area (Å²) < 4.78 is 5.72. The molecule has 0 bridgehead atoms. The van der Waals surface area contributed by atoms with Gasteiger partial charge in [-0.25, -0.2) is 4.98 Å². The predicted molar refractivity (Wildman–Crippen MR) is 80.0 cm³/mol. The van der Waals surface area contributed by atoms with Crippen molar-refractivity contribution in [2.24, 2.45) is 0 Å². The summed E-state index contributed by atoms with van der Waals surface area (Å²) in [6, 6.07) is 10.3. The third-order valence-electron chi connectivity index (χ3n) is 3.01. The molecule has 19 heavy (non-hydrogen) atoms. The summed E-state index contributed by atoms with van der Waals surface area (Å²) in [5.74, 6) is 0.932. The number of benzene rings is 1. The number of nitrogens with zero attached hydrogens (tertiary/aromatic N) is 1. The van der Waals surface area contributed by atoms with Gasteiger partial charge in [0, 0.05) is 17.8 Å². The van der Waals surface area contributed by atoms with E-state index in [1.54, 1.807) is 11.3 Å². The average Bonchev–Trinajstić information content (AvgIpc) is 2.84. The Kier molecular flexibility index (Phi) is 5.36. The number of thiazole rings is 1. The third kappa shape index (κ3) is 4.65. The van der Waals surface area contributed by atoms with Crippen LogP contribution in [0.4, 0.5) is 0 Å².